The molecule has 224 valence electrons. The number of amides is 3. The van der Waals surface area contributed by atoms with Gasteiger partial charge in [0.25, 0.3) is 5.90 Å². The first-order chi connectivity index (χ1) is 20.6. The van der Waals surface area contributed by atoms with E-state index in [0.29, 0.717) is 11.4 Å². The molecule has 1 aliphatic heterocycles. The van der Waals surface area contributed by atoms with Gasteiger partial charge in [0, 0.05) is 7.05 Å². The predicted molar refractivity (Wildman–Crippen MR) is 146 cm³/mol. The van der Waals surface area contributed by atoms with Crippen LogP contribution in [0.25, 0.3) is 34.8 Å². The van der Waals surface area contributed by atoms with Crippen molar-refractivity contribution >= 4 is 23.6 Å². The molecule has 0 fully saturated rings. The van der Waals surface area contributed by atoms with Gasteiger partial charge in [-0.1, -0.05) is 20.4 Å². The van der Waals surface area contributed by atoms with E-state index in [-0.39, 0.29) is 59.9 Å². The average molecular weight is 593 g/mol. The molecule has 0 spiro atoms. The Morgan fingerprint density at radius 1 is 0.953 bits per heavy atom. The molecule has 8 bridgehead atoms. The molecule has 0 aliphatic carbocycles. The molecule has 43 heavy (non-hydrogen) atoms. The number of nitrogens with zero attached hydrogens (tertiary/aromatic N) is 6. The van der Waals surface area contributed by atoms with E-state index in [0.717, 1.165) is 6.26 Å². The van der Waals surface area contributed by atoms with Crippen LogP contribution in [0.1, 0.15) is 32.4 Å². The molecule has 16 heteroatoms. The van der Waals surface area contributed by atoms with Crippen molar-refractivity contribution in [3.8, 4) is 34.8 Å². The Kier molecular flexibility index (Phi) is 8.18. The molecule has 16 nitrogen and oxygen atoms in total. The molecule has 3 amide bonds. The van der Waals surface area contributed by atoms with Gasteiger partial charge in [-0.3, -0.25) is 14.4 Å². The van der Waals surface area contributed by atoms with Crippen molar-refractivity contribution in [2.24, 2.45) is 10.9 Å². The molecule has 4 aromatic rings. The van der Waals surface area contributed by atoms with Crippen LogP contribution < -0.4 is 10.6 Å². The Hall–Kier alpha value is -5.54. The van der Waals surface area contributed by atoms with E-state index < -0.39 is 29.8 Å². The third-order valence-corrected chi connectivity index (χ3v) is 6.34. The number of carbonyl (C=O) groups is 3. The van der Waals surface area contributed by atoms with Crippen LogP contribution >= 0.6 is 0 Å². The Bertz CT molecular complexity index is 1680. The summed E-state index contributed by atoms with van der Waals surface area (Å²) in [4.78, 5) is 62.2. The number of nitrogens with one attached hydrogen (secondary N) is 2. The van der Waals surface area contributed by atoms with Gasteiger partial charge in [0.2, 0.25) is 35.4 Å². The van der Waals surface area contributed by atoms with Gasteiger partial charge in [0.1, 0.15) is 43.7 Å². The molecule has 5 heterocycles. The van der Waals surface area contributed by atoms with Gasteiger partial charge >= 0.3 is 5.91 Å². The number of carbonyl (C=O) groups excluding carboxylic acids is 3. The molecule has 1 aliphatic rings. The van der Waals surface area contributed by atoms with Gasteiger partial charge in [0.15, 0.2) is 17.1 Å². The van der Waals surface area contributed by atoms with Crippen LogP contribution in [0.4, 0.5) is 0 Å². The molecule has 0 radical (unpaired) electrons. The standard InChI is InChI=1S/C27H28N8O8/c1-6-39-26-22(37)30-14(4)27(38)35(5)20(13(2)3)21(36)28-7-15-9-41-23(31-15)17-11-43-25(33-17)18-12-42-24(34-18)16-10-40-19(32-16)8-29-26/h6,9-14,20H,1,7-8H2,2-5H3,(H,28,36)(H,30,37). The summed E-state index contributed by atoms with van der Waals surface area (Å²) < 4.78 is 27.2. The minimum Gasteiger partial charge on any atom is -0.446 e. The normalized spacial score (nSPS) is 18.5. The minimum absolute atomic E-state index is 0.0234. The number of ether oxygens (including phenoxy) is 1. The van der Waals surface area contributed by atoms with Gasteiger partial charge in [-0.05, 0) is 12.8 Å². The van der Waals surface area contributed by atoms with E-state index in [1.165, 1.54) is 43.9 Å². The van der Waals surface area contributed by atoms with Crippen LogP contribution in [0.3, 0.4) is 0 Å². The zero-order valence-electron chi connectivity index (χ0n) is 23.7. The molecule has 5 rings (SSSR count). The first-order valence-electron chi connectivity index (χ1n) is 13.1. The third-order valence-electron chi connectivity index (χ3n) is 6.34. The van der Waals surface area contributed by atoms with Crippen LogP contribution in [0.15, 0.2) is 60.6 Å². The van der Waals surface area contributed by atoms with Gasteiger partial charge in [0.05, 0.1) is 18.5 Å². The number of aliphatic imine (C=N–C) groups is 1. The topological polar surface area (TPSA) is 204 Å². The van der Waals surface area contributed by atoms with E-state index in [1.54, 1.807) is 13.8 Å². The highest BCUT2D eigenvalue weighted by atomic mass is 16.5. The summed E-state index contributed by atoms with van der Waals surface area (Å²) in [5.74, 6) is -1.82. The molecule has 2 N–H and O–H groups in total. The van der Waals surface area contributed by atoms with Crippen molar-refractivity contribution in [1.82, 2.24) is 35.5 Å². The summed E-state index contributed by atoms with van der Waals surface area (Å²) in [5, 5.41) is 5.33. The molecule has 2 unspecified atom stereocenters. The maximum absolute atomic E-state index is 13.3. The van der Waals surface area contributed by atoms with Crippen LogP contribution in [-0.2, 0) is 32.2 Å². The lowest BCUT2D eigenvalue weighted by Gasteiger charge is -2.32. The summed E-state index contributed by atoms with van der Waals surface area (Å²) in [6.07, 6.45) is 6.39. The monoisotopic (exact) mass is 592 g/mol. The number of aromatic nitrogens is 4. The molecular weight excluding hydrogens is 564 g/mol. The van der Waals surface area contributed by atoms with Crippen LogP contribution in [0.5, 0.6) is 0 Å². The van der Waals surface area contributed by atoms with Crippen molar-refractivity contribution in [3.63, 3.8) is 0 Å². The Morgan fingerprint density at radius 3 is 2.21 bits per heavy atom. The first kappa shape index (κ1) is 29.0. The number of oxazole rings is 4. The smallest absolute Gasteiger partial charge is 0.307 e. The largest absolute Gasteiger partial charge is 0.446 e. The summed E-state index contributed by atoms with van der Waals surface area (Å²) in [5.41, 5.74) is 1.25. The fourth-order valence-corrected chi connectivity index (χ4v) is 4.32. The molecule has 0 saturated carbocycles. The molecule has 4 aromatic heterocycles. The highest BCUT2D eigenvalue weighted by Gasteiger charge is 2.33. The first-order valence-corrected chi connectivity index (χ1v) is 13.1. The second-order valence-corrected chi connectivity index (χ2v) is 9.80. The van der Waals surface area contributed by atoms with Crippen LogP contribution in [-0.4, -0.2) is 67.6 Å². The molecule has 2 atom stereocenters. The summed E-state index contributed by atoms with van der Waals surface area (Å²) in [7, 11) is 1.49. The number of rotatable bonds is 2. The lowest BCUT2D eigenvalue weighted by Crippen LogP contribution is -2.55. The Balaban J connectivity index is 1.48. The Morgan fingerprint density at radius 2 is 1.56 bits per heavy atom. The fourth-order valence-electron chi connectivity index (χ4n) is 4.32. The van der Waals surface area contributed by atoms with E-state index in [2.05, 4.69) is 42.1 Å². The second-order valence-electron chi connectivity index (χ2n) is 9.80. The van der Waals surface area contributed by atoms with Gasteiger partial charge < -0.3 is 37.9 Å². The van der Waals surface area contributed by atoms with E-state index >= 15 is 0 Å². The van der Waals surface area contributed by atoms with Crippen molar-refractivity contribution in [3.05, 3.63) is 49.5 Å². The third kappa shape index (κ3) is 6.22. The van der Waals surface area contributed by atoms with Crippen molar-refractivity contribution in [2.45, 2.75) is 45.9 Å². The summed E-state index contributed by atoms with van der Waals surface area (Å²) in [6, 6.07) is -1.89. The number of hydrogen-bond acceptors (Lipinski definition) is 13. The van der Waals surface area contributed by atoms with Crippen LogP contribution in [0, 0.1) is 5.92 Å². The zero-order valence-corrected chi connectivity index (χ0v) is 23.7. The highest BCUT2D eigenvalue weighted by molar-refractivity contribution is 6.35. The molecule has 0 aromatic carbocycles. The summed E-state index contributed by atoms with van der Waals surface area (Å²) in [6.45, 7) is 8.39. The Labute approximate surface area is 244 Å². The van der Waals surface area contributed by atoms with Crippen molar-refractivity contribution in [1.29, 1.82) is 0 Å². The fraction of sp³-hybridized carbons (Fsp3) is 0.333. The van der Waals surface area contributed by atoms with Gasteiger partial charge in [-0.15, -0.1) is 0 Å². The van der Waals surface area contributed by atoms with Crippen LogP contribution in [0.2, 0.25) is 0 Å². The highest BCUT2D eigenvalue weighted by Crippen LogP contribution is 2.27. The van der Waals surface area contributed by atoms with E-state index in [1.807, 2.05) is 0 Å². The van der Waals surface area contributed by atoms with Gasteiger partial charge in [-0.25, -0.2) is 24.9 Å². The lowest BCUT2D eigenvalue weighted by atomic mass is 10.0. The quantitative estimate of drug-likeness (QED) is 0.322. The second kappa shape index (κ2) is 12.1. The van der Waals surface area contributed by atoms with E-state index in [9.17, 15) is 14.4 Å². The summed E-state index contributed by atoms with van der Waals surface area (Å²) >= 11 is 0. The van der Waals surface area contributed by atoms with E-state index in [4.69, 9.17) is 22.4 Å². The van der Waals surface area contributed by atoms with Crippen molar-refractivity contribution in [2.75, 3.05) is 7.05 Å². The number of likely N-dealkylation sites (N-methyl/N-ethyl adjacent to an activating group) is 1. The minimum atomic E-state index is -1.03. The maximum Gasteiger partial charge on any atom is 0.307 e. The van der Waals surface area contributed by atoms with Crippen molar-refractivity contribution < 1.29 is 36.8 Å². The lowest BCUT2D eigenvalue weighted by molar-refractivity contribution is -0.142. The maximum atomic E-state index is 13.3. The molecular formula is C27H28N8O8. The molecule has 0 saturated heterocycles. The number of fused-ring (bicyclic) bond motifs is 11. The average Bonchev–Trinajstić information content (AvgIpc) is 3.78. The zero-order chi connectivity index (χ0) is 30.7. The predicted octanol–water partition coefficient (Wildman–Crippen LogP) is 2.32. The van der Waals surface area contributed by atoms with Gasteiger partial charge in [-0.2, -0.15) is 0 Å². The number of hydrogen-bond donors (Lipinski definition) is 2. The SMILES string of the molecule is C=COC1=NCc2nc(co2)-c2nc(co2)-c2nc(co2)-c2nc(co2)CNC(=O)C(C(C)C)N(C)C(=O)C(C)NC1=O.